The van der Waals surface area contributed by atoms with Crippen molar-refractivity contribution in [1.29, 1.82) is 0 Å². The minimum atomic E-state index is -0.171. The Morgan fingerprint density at radius 2 is 1.78 bits per heavy atom. The molecule has 0 saturated carbocycles. The maximum Gasteiger partial charge on any atom is 0.227 e. The lowest BCUT2D eigenvalue weighted by Crippen LogP contribution is -2.29. The molecule has 0 aliphatic heterocycles. The lowest BCUT2D eigenvalue weighted by Gasteiger charge is -2.13. The number of benzene rings is 3. The molecule has 1 atom stereocenters. The van der Waals surface area contributed by atoms with Gasteiger partial charge in [0.25, 0.3) is 0 Å². The van der Waals surface area contributed by atoms with Crippen LogP contribution in [0.4, 0.5) is 0 Å². The summed E-state index contributed by atoms with van der Waals surface area (Å²) in [5, 5.41) is 5.28. The van der Waals surface area contributed by atoms with Crippen molar-refractivity contribution in [1.82, 2.24) is 5.32 Å². The third-order valence-electron chi connectivity index (χ3n) is 4.62. The number of nitrogens with one attached hydrogen (secondary N) is 1. The largest absolute Gasteiger partial charge is 0.497 e. The minimum absolute atomic E-state index is 0.0724. The zero-order valence-electron chi connectivity index (χ0n) is 15.8. The van der Waals surface area contributed by atoms with E-state index in [-0.39, 0.29) is 11.8 Å². The summed E-state index contributed by atoms with van der Waals surface area (Å²) in [5.74, 6) is 2.62. The topological polar surface area (TPSA) is 38.3 Å². The smallest absolute Gasteiger partial charge is 0.227 e. The first-order chi connectivity index (χ1) is 13.2. The summed E-state index contributed by atoms with van der Waals surface area (Å²) in [6, 6.07) is 22.5. The SMILES string of the molecule is COc1ccc2cc([C@H](C)C(=O)NCCSCc3ccccc3)ccc2c1. The molecule has 0 radical (unpaired) electrons. The number of hydrogen-bond donors (Lipinski definition) is 1. The van der Waals surface area contributed by atoms with Gasteiger partial charge in [-0.1, -0.05) is 54.6 Å². The van der Waals surface area contributed by atoms with Crippen molar-refractivity contribution >= 4 is 28.4 Å². The van der Waals surface area contributed by atoms with Gasteiger partial charge in [-0.2, -0.15) is 11.8 Å². The highest BCUT2D eigenvalue weighted by atomic mass is 32.2. The van der Waals surface area contributed by atoms with Crippen LogP contribution in [-0.2, 0) is 10.5 Å². The van der Waals surface area contributed by atoms with Crippen LogP contribution in [0.25, 0.3) is 10.8 Å². The zero-order chi connectivity index (χ0) is 19.1. The maximum absolute atomic E-state index is 12.5. The third-order valence-corrected chi connectivity index (χ3v) is 5.65. The van der Waals surface area contributed by atoms with E-state index in [2.05, 4.69) is 35.6 Å². The molecule has 1 amide bonds. The van der Waals surface area contributed by atoms with Crippen LogP contribution >= 0.6 is 11.8 Å². The molecule has 0 bridgehead atoms. The van der Waals surface area contributed by atoms with Crippen molar-refractivity contribution in [2.45, 2.75) is 18.6 Å². The fourth-order valence-corrected chi connectivity index (χ4v) is 3.77. The van der Waals surface area contributed by atoms with E-state index in [4.69, 9.17) is 4.74 Å². The molecule has 0 spiro atoms. The van der Waals surface area contributed by atoms with Crippen LogP contribution < -0.4 is 10.1 Å². The third kappa shape index (κ3) is 5.27. The lowest BCUT2D eigenvalue weighted by atomic mass is 9.97. The van der Waals surface area contributed by atoms with E-state index >= 15 is 0 Å². The van der Waals surface area contributed by atoms with Crippen LogP contribution in [0.2, 0.25) is 0 Å². The second kappa shape index (κ2) is 9.47. The summed E-state index contributed by atoms with van der Waals surface area (Å²) in [4.78, 5) is 12.5. The Hall–Kier alpha value is -2.46. The number of ether oxygens (including phenoxy) is 1. The van der Waals surface area contributed by atoms with E-state index in [1.807, 2.05) is 55.1 Å². The van der Waals surface area contributed by atoms with E-state index in [1.54, 1.807) is 7.11 Å². The molecule has 3 aromatic rings. The van der Waals surface area contributed by atoms with Crippen LogP contribution in [0.1, 0.15) is 24.0 Å². The summed E-state index contributed by atoms with van der Waals surface area (Å²) >= 11 is 1.83. The molecule has 1 N–H and O–H groups in total. The molecule has 3 rings (SSSR count). The summed E-state index contributed by atoms with van der Waals surface area (Å²) in [6.45, 7) is 2.64. The Bertz CT molecular complexity index is 895. The lowest BCUT2D eigenvalue weighted by molar-refractivity contribution is -0.122. The van der Waals surface area contributed by atoms with Gasteiger partial charge < -0.3 is 10.1 Å². The van der Waals surface area contributed by atoms with Gasteiger partial charge in [0, 0.05) is 18.1 Å². The Kier molecular flexibility index (Phi) is 6.77. The van der Waals surface area contributed by atoms with E-state index < -0.39 is 0 Å². The fraction of sp³-hybridized carbons (Fsp3) is 0.261. The number of methoxy groups -OCH3 is 1. The number of thioether (sulfide) groups is 1. The second-order valence-corrected chi connectivity index (χ2v) is 7.63. The van der Waals surface area contributed by atoms with E-state index in [0.717, 1.165) is 33.6 Å². The van der Waals surface area contributed by atoms with Crippen LogP contribution in [0.15, 0.2) is 66.7 Å². The van der Waals surface area contributed by atoms with Gasteiger partial charge >= 0.3 is 0 Å². The van der Waals surface area contributed by atoms with Crippen LogP contribution in [-0.4, -0.2) is 25.3 Å². The molecule has 4 heteroatoms. The molecule has 27 heavy (non-hydrogen) atoms. The van der Waals surface area contributed by atoms with Gasteiger partial charge in [-0.05, 0) is 41.0 Å². The molecule has 0 aromatic heterocycles. The van der Waals surface area contributed by atoms with Crippen molar-refractivity contribution in [3.63, 3.8) is 0 Å². The second-order valence-electron chi connectivity index (χ2n) is 6.52. The van der Waals surface area contributed by atoms with Gasteiger partial charge in [0.1, 0.15) is 5.75 Å². The van der Waals surface area contributed by atoms with Crippen molar-refractivity contribution < 1.29 is 9.53 Å². The Balaban J connectivity index is 1.50. The molecule has 3 aromatic carbocycles. The summed E-state index contributed by atoms with van der Waals surface area (Å²) in [6.07, 6.45) is 0. The number of amides is 1. The average Bonchev–Trinajstić information content (AvgIpc) is 2.72. The first-order valence-electron chi connectivity index (χ1n) is 9.14. The van der Waals surface area contributed by atoms with Crippen molar-refractivity contribution in [3.8, 4) is 5.75 Å². The molecule has 0 fully saturated rings. The highest BCUT2D eigenvalue weighted by molar-refractivity contribution is 7.98. The molecule has 140 valence electrons. The fourth-order valence-electron chi connectivity index (χ4n) is 2.95. The molecular formula is C23H25NO2S. The standard InChI is InChI=1S/C23H25NO2S/c1-17(19-8-9-21-15-22(26-2)11-10-20(21)14-19)23(25)24-12-13-27-16-18-6-4-3-5-7-18/h3-11,14-15,17H,12-13,16H2,1-2H3,(H,24,25)/t17-/m0/s1. The predicted octanol–water partition coefficient (Wildman–Crippen LogP) is 5.00. The highest BCUT2D eigenvalue weighted by Gasteiger charge is 2.15. The van der Waals surface area contributed by atoms with E-state index in [1.165, 1.54) is 5.56 Å². The van der Waals surface area contributed by atoms with Gasteiger partial charge in [0.15, 0.2) is 0 Å². The normalized spacial score (nSPS) is 11.9. The van der Waals surface area contributed by atoms with Crippen LogP contribution in [0, 0.1) is 0 Å². The number of rotatable bonds is 8. The van der Waals surface area contributed by atoms with Crippen LogP contribution in [0.3, 0.4) is 0 Å². The van der Waals surface area contributed by atoms with Gasteiger partial charge in [0.2, 0.25) is 5.91 Å². The molecule has 0 heterocycles. The predicted molar refractivity (Wildman–Crippen MR) is 115 cm³/mol. The summed E-state index contributed by atoms with van der Waals surface area (Å²) in [7, 11) is 1.67. The molecule has 0 unspecified atom stereocenters. The number of hydrogen-bond acceptors (Lipinski definition) is 3. The molecule has 3 nitrogen and oxygen atoms in total. The van der Waals surface area contributed by atoms with E-state index in [0.29, 0.717) is 6.54 Å². The average molecular weight is 380 g/mol. The van der Waals surface area contributed by atoms with Gasteiger partial charge in [0.05, 0.1) is 13.0 Å². The molecule has 0 saturated heterocycles. The van der Waals surface area contributed by atoms with Crippen molar-refractivity contribution in [3.05, 3.63) is 77.9 Å². The van der Waals surface area contributed by atoms with Crippen molar-refractivity contribution in [2.24, 2.45) is 0 Å². The summed E-state index contributed by atoms with van der Waals surface area (Å²) in [5.41, 5.74) is 2.34. The zero-order valence-corrected chi connectivity index (χ0v) is 16.6. The molecule has 0 aliphatic rings. The Morgan fingerprint density at radius 3 is 2.56 bits per heavy atom. The minimum Gasteiger partial charge on any atom is -0.497 e. The quantitative estimate of drug-likeness (QED) is 0.560. The Morgan fingerprint density at radius 1 is 1.04 bits per heavy atom. The van der Waals surface area contributed by atoms with Gasteiger partial charge in [-0.3, -0.25) is 4.79 Å². The Labute approximate surface area is 165 Å². The van der Waals surface area contributed by atoms with Gasteiger partial charge in [-0.25, -0.2) is 0 Å². The highest BCUT2D eigenvalue weighted by Crippen LogP contribution is 2.25. The maximum atomic E-state index is 12.5. The van der Waals surface area contributed by atoms with Crippen LogP contribution in [0.5, 0.6) is 5.75 Å². The first kappa shape index (κ1) is 19.3. The number of fused-ring (bicyclic) bond motifs is 1. The summed E-state index contributed by atoms with van der Waals surface area (Å²) < 4.78 is 5.26. The molecular weight excluding hydrogens is 354 g/mol. The van der Waals surface area contributed by atoms with Gasteiger partial charge in [-0.15, -0.1) is 0 Å². The number of carbonyl (C=O) groups is 1. The monoisotopic (exact) mass is 379 g/mol. The number of carbonyl (C=O) groups excluding carboxylic acids is 1. The first-order valence-corrected chi connectivity index (χ1v) is 10.3. The van der Waals surface area contributed by atoms with Crippen molar-refractivity contribution in [2.75, 3.05) is 19.4 Å². The van der Waals surface area contributed by atoms with E-state index in [9.17, 15) is 4.79 Å². The molecule has 0 aliphatic carbocycles.